The first-order chi connectivity index (χ1) is 13.2. The first-order valence-electron chi connectivity index (χ1n) is 9.31. The Balaban J connectivity index is 0.00000280. The molecule has 0 aliphatic carbocycles. The van der Waals surface area contributed by atoms with Gasteiger partial charge in [-0.2, -0.15) is 0 Å². The molecule has 154 valence electrons. The molecule has 0 atom stereocenters. The fourth-order valence-electron chi connectivity index (χ4n) is 3.32. The summed E-state index contributed by atoms with van der Waals surface area (Å²) in [4.78, 5) is 11.4. The van der Waals surface area contributed by atoms with Crippen LogP contribution in [0.5, 0.6) is 11.5 Å². The second-order valence-electron chi connectivity index (χ2n) is 6.46. The number of methoxy groups -OCH3 is 2. The topological polar surface area (TPSA) is 59.0 Å². The van der Waals surface area contributed by atoms with E-state index in [1.165, 1.54) is 16.1 Å². The molecule has 0 spiro atoms. The lowest BCUT2D eigenvalue weighted by Crippen LogP contribution is -2.44. The maximum absolute atomic E-state index is 5.45. The average Bonchev–Trinajstić information content (AvgIpc) is 3.17. The predicted octanol–water partition coefficient (Wildman–Crippen LogP) is 3.52. The van der Waals surface area contributed by atoms with Crippen LogP contribution in [0.3, 0.4) is 0 Å². The maximum atomic E-state index is 5.45. The smallest absolute Gasteiger partial charge is 0.193 e. The van der Waals surface area contributed by atoms with Crippen molar-refractivity contribution in [3.05, 3.63) is 39.3 Å². The second-order valence-corrected chi connectivity index (χ2v) is 7.40. The third-order valence-electron chi connectivity index (χ3n) is 4.80. The van der Waals surface area contributed by atoms with Crippen molar-refractivity contribution in [3.63, 3.8) is 0 Å². The number of rotatable bonds is 6. The quantitative estimate of drug-likeness (QED) is 0.362. The second kappa shape index (κ2) is 10.8. The molecule has 0 saturated carbocycles. The van der Waals surface area contributed by atoms with Crippen LogP contribution in [-0.2, 0) is 25.8 Å². The highest BCUT2D eigenvalue weighted by atomic mass is 127. The zero-order valence-corrected chi connectivity index (χ0v) is 20.1. The van der Waals surface area contributed by atoms with Crippen LogP contribution in [0.25, 0.3) is 0 Å². The molecule has 1 aromatic heterocycles. The number of benzene rings is 1. The third kappa shape index (κ3) is 5.28. The third-order valence-corrected chi connectivity index (χ3v) is 5.84. The number of nitrogens with zero attached hydrogens (tertiary/aromatic N) is 3. The van der Waals surface area contributed by atoms with Crippen LogP contribution < -0.4 is 14.8 Å². The zero-order valence-electron chi connectivity index (χ0n) is 16.9. The number of thiazole rings is 1. The van der Waals surface area contributed by atoms with Crippen LogP contribution in [0, 0.1) is 0 Å². The number of aryl methyl sites for hydroxylation is 1. The average molecular weight is 516 g/mol. The molecule has 2 aromatic rings. The van der Waals surface area contributed by atoms with Gasteiger partial charge < -0.3 is 19.7 Å². The minimum absolute atomic E-state index is 0. The molecule has 28 heavy (non-hydrogen) atoms. The van der Waals surface area contributed by atoms with Gasteiger partial charge in [0.2, 0.25) is 0 Å². The van der Waals surface area contributed by atoms with E-state index in [4.69, 9.17) is 9.47 Å². The fourth-order valence-corrected chi connectivity index (χ4v) is 4.10. The van der Waals surface area contributed by atoms with Crippen molar-refractivity contribution in [1.82, 2.24) is 15.2 Å². The monoisotopic (exact) mass is 516 g/mol. The first kappa shape index (κ1) is 22.7. The fraction of sp³-hybridized carbons (Fsp3) is 0.500. The van der Waals surface area contributed by atoms with Crippen molar-refractivity contribution in [2.45, 2.75) is 32.7 Å². The molecule has 0 radical (unpaired) electrons. The SMILES string of the molecule is CCc1nc(CCNC(=NC)N2CCc3cc(OC)c(OC)cc3C2)cs1.I. The Morgan fingerprint density at radius 2 is 1.96 bits per heavy atom. The molecular weight excluding hydrogens is 487 g/mol. The van der Waals surface area contributed by atoms with Gasteiger partial charge in [-0.05, 0) is 36.1 Å². The largest absolute Gasteiger partial charge is 0.493 e. The van der Waals surface area contributed by atoms with Crippen LogP contribution in [0.2, 0.25) is 0 Å². The summed E-state index contributed by atoms with van der Waals surface area (Å²) in [6, 6.07) is 4.17. The molecule has 3 rings (SSSR count). The number of hydrogen-bond acceptors (Lipinski definition) is 5. The molecule has 2 heterocycles. The van der Waals surface area contributed by atoms with Crippen molar-refractivity contribution in [2.75, 3.05) is 34.4 Å². The molecule has 6 nitrogen and oxygen atoms in total. The highest BCUT2D eigenvalue weighted by Gasteiger charge is 2.21. The van der Waals surface area contributed by atoms with E-state index in [0.717, 1.165) is 62.0 Å². The van der Waals surface area contributed by atoms with Crippen LogP contribution in [-0.4, -0.2) is 50.2 Å². The summed E-state index contributed by atoms with van der Waals surface area (Å²) >= 11 is 1.74. The lowest BCUT2D eigenvalue weighted by Gasteiger charge is -2.32. The van der Waals surface area contributed by atoms with E-state index in [1.54, 1.807) is 25.6 Å². The van der Waals surface area contributed by atoms with Crippen molar-refractivity contribution in [2.24, 2.45) is 4.99 Å². The number of ether oxygens (including phenoxy) is 2. The van der Waals surface area contributed by atoms with Gasteiger partial charge in [0, 0.05) is 38.5 Å². The number of aromatic nitrogens is 1. The summed E-state index contributed by atoms with van der Waals surface area (Å²) < 4.78 is 10.9. The molecule has 1 N–H and O–H groups in total. The van der Waals surface area contributed by atoms with Gasteiger partial charge in [0.1, 0.15) is 0 Å². The number of halogens is 1. The minimum Gasteiger partial charge on any atom is -0.493 e. The van der Waals surface area contributed by atoms with Gasteiger partial charge in [-0.15, -0.1) is 35.3 Å². The van der Waals surface area contributed by atoms with Crippen LogP contribution in [0.15, 0.2) is 22.5 Å². The highest BCUT2D eigenvalue weighted by Crippen LogP contribution is 2.33. The van der Waals surface area contributed by atoms with Crippen molar-refractivity contribution in [3.8, 4) is 11.5 Å². The molecule has 1 aromatic carbocycles. The Kier molecular flexibility index (Phi) is 8.81. The van der Waals surface area contributed by atoms with Gasteiger partial charge >= 0.3 is 0 Å². The summed E-state index contributed by atoms with van der Waals surface area (Å²) in [5, 5.41) is 6.83. The van der Waals surface area contributed by atoms with Gasteiger partial charge in [-0.3, -0.25) is 4.99 Å². The van der Waals surface area contributed by atoms with Gasteiger partial charge in [0.05, 0.1) is 24.9 Å². The Labute approximate surface area is 188 Å². The first-order valence-corrected chi connectivity index (χ1v) is 10.2. The van der Waals surface area contributed by atoms with Gasteiger partial charge in [-0.1, -0.05) is 6.92 Å². The van der Waals surface area contributed by atoms with Crippen LogP contribution in [0.1, 0.15) is 28.8 Å². The molecule has 0 unspecified atom stereocenters. The van der Waals surface area contributed by atoms with Gasteiger partial charge in [0.25, 0.3) is 0 Å². The molecule has 8 heteroatoms. The van der Waals surface area contributed by atoms with E-state index in [1.807, 2.05) is 7.05 Å². The number of fused-ring (bicyclic) bond motifs is 1. The Hall–Kier alpha value is -1.55. The molecule has 1 aliphatic rings. The summed E-state index contributed by atoms with van der Waals surface area (Å²) in [5.74, 6) is 2.50. The van der Waals surface area contributed by atoms with Crippen molar-refractivity contribution in [1.29, 1.82) is 0 Å². The summed E-state index contributed by atoms with van der Waals surface area (Å²) in [6.45, 7) is 4.71. The lowest BCUT2D eigenvalue weighted by molar-refractivity contribution is 0.346. The molecule has 0 bridgehead atoms. The maximum Gasteiger partial charge on any atom is 0.193 e. The highest BCUT2D eigenvalue weighted by molar-refractivity contribution is 14.0. The van der Waals surface area contributed by atoms with Gasteiger partial charge in [0.15, 0.2) is 17.5 Å². The van der Waals surface area contributed by atoms with E-state index in [2.05, 4.69) is 44.6 Å². The van der Waals surface area contributed by atoms with E-state index < -0.39 is 0 Å². The Bertz CT molecular complexity index is 809. The van der Waals surface area contributed by atoms with Crippen molar-refractivity contribution < 1.29 is 9.47 Å². The number of nitrogens with one attached hydrogen (secondary N) is 1. The van der Waals surface area contributed by atoms with Crippen LogP contribution in [0.4, 0.5) is 0 Å². The van der Waals surface area contributed by atoms with E-state index >= 15 is 0 Å². The molecule has 1 aliphatic heterocycles. The normalized spacial score (nSPS) is 13.6. The van der Waals surface area contributed by atoms with E-state index in [9.17, 15) is 0 Å². The molecular formula is C20H29IN4O2S. The van der Waals surface area contributed by atoms with E-state index in [0.29, 0.717) is 0 Å². The van der Waals surface area contributed by atoms with E-state index in [-0.39, 0.29) is 24.0 Å². The molecule has 0 saturated heterocycles. The standard InChI is InChI=1S/C20H28N4O2S.HI/c1-5-19-23-16(13-27-19)6-8-22-20(21-2)24-9-7-14-10-17(25-3)18(26-4)11-15(14)12-24;/h10-11,13H,5-9,12H2,1-4H3,(H,21,22);1H. The van der Waals surface area contributed by atoms with Gasteiger partial charge in [-0.25, -0.2) is 4.98 Å². The van der Waals surface area contributed by atoms with Crippen molar-refractivity contribution >= 4 is 41.3 Å². The summed E-state index contributed by atoms with van der Waals surface area (Å²) in [6.07, 6.45) is 2.87. The Morgan fingerprint density at radius 3 is 2.57 bits per heavy atom. The number of hydrogen-bond donors (Lipinski definition) is 1. The number of aliphatic imine (C=N–C) groups is 1. The number of guanidine groups is 1. The molecule has 0 fully saturated rings. The predicted molar refractivity (Wildman–Crippen MR) is 126 cm³/mol. The van der Waals surface area contributed by atoms with Crippen LogP contribution >= 0.6 is 35.3 Å². The minimum atomic E-state index is 0. The molecule has 0 amide bonds. The Morgan fingerprint density at radius 1 is 1.25 bits per heavy atom. The zero-order chi connectivity index (χ0) is 19.2. The lowest BCUT2D eigenvalue weighted by atomic mass is 9.99. The summed E-state index contributed by atoms with van der Waals surface area (Å²) in [7, 11) is 5.19. The summed E-state index contributed by atoms with van der Waals surface area (Å²) in [5.41, 5.74) is 3.73.